The Morgan fingerprint density at radius 2 is 1.67 bits per heavy atom. The third-order valence-electron chi connectivity index (χ3n) is 6.02. The molecule has 0 aromatic heterocycles. The van der Waals surface area contributed by atoms with E-state index in [1.165, 1.54) is 8.27 Å². The van der Waals surface area contributed by atoms with E-state index in [1.54, 1.807) is 5.57 Å². The van der Waals surface area contributed by atoms with E-state index in [-0.39, 0.29) is 0 Å². The van der Waals surface area contributed by atoms with Crippen LogP contribution in [0, 0.1) is 17.3 Å². The summed E-state index contributed by atoms with van der Waals surface area (Å²) in [5, 5.41) is 0. The molecule has 0 aromatic rings. The predicted molar refractivity (Wildman–Crippen MR) is 119 cm³/mol. The summed E-state index contributed by atoms with van der Waals surface area (Å²) in [6.07, 6.45) is 5.01. The molecule has 0 N–H and O–H groups in total. The van der Waals surface area contributed by atoms with E-state index in [2.05, 4.69) is 98.8 Å². The third-order valence-corrected chi connectivity index (χ3v) is 15.0. The molecule has 0 heterocycles. The molecule has 1 aliphatic rings. The number of rotatable bonds is 5. The minimum atomic E-state index is -1.25. The molecule has 1 aliphatic carbocycles. The van der Waals surface area contributed by atoms with Gasteiger partial charge in [0.05, 0.1) is 0 Å². The maximum atomic E-state index is 2.64. The summed E-state index contributed by atoms with van der Waals surface area (Å²) in [5.41, 5.74) is 3.38. The number of alkyl halides is 2. The number of allylic oxidation sites excluding steroid dienone is 3. The van der Waals surface area contributed by atoms with Gasteiger partial charge in [-0.2, -0.15) is 0 Å². The first-order valence-electron chi connectivity index (χ1n) is 9.24. The molecule has 0 amide bonds. The van der Waals surface area contributed by atoms with E-state index in [1.807, 2.05) is 0 Å². The first-order chi connectivity index (χ1) is 10.7. The van der Waals surface area contributed by atoms with Crippen molar-refractivity contribution in [2.24, 2.45) is 17.3 Å². The van der Waals surface area contributed by atoms with Crippen LogP contribution >= 0.6 is 20.1 Å². The van der Waals surface area contributed by atoms with Gasteiger partial charge in [-0.3, -0.25) is 0 Å². The zero-order valence-electron chi connectivity index (χ0n) is 18.2. The van der Waals surface area contributed by atoms with Gasteiger partial charge >= 0.3 is 160 Å². The van der Waals surface area contributed by atoms with E-state index in [9.17, 15) is 0 Å². The molecular formula is C21H42IN2+. The van der Waals surface area contributed by atoms with Gasteiger partial charge in [0, 0.05) is 0 Å². The average molecular weight is 449 g/mol. The molecule has 0 aliphatic heterocycles. The number of quaternary nitrogens is 1. The quantitative estimate of drug-likeness (QED) is 0.300. The molecule has 0 aromatic carbocycles. The number of hydrogen-bond donors (Lipinski definition) is 0. The van der Waals surface area contributed by atoms with Crippen LogP contribution in [-0.2, 0) is 0 Å². The predicted octanol–water partition coefficient (Wildman–Crippen LogP) is 5.59. The SMILES string of the molecule is CC1=CC(I(C)[N+](C)(C)C(C)C)C(C)(C)[C@@H](C(C)C)/C1=C\N(C)C. The second-order valence-corrected chi connectivity index (χ2v) is 15.9. The Hall–Kier alpha value is -0.0300. The standard InChI is InChI=1S/C21H42IN2/c1-15(2)20-18(14-23(9)10)17(5)13-19(21(20,6)7)22(8)24(11,12)16(3)4/h13-16,19-20H,1-12H3/q+1/b18-14-/t19?,20-/m0/s1. The van der Waals surface area contributed by atoms with Crippen LogP contribution in [0.1, 0.15) is 48.5 Å². The van der Waals surface area contributed by atoms with Crippen LogP contribution < -0.4 is 0 Å². The summed E-state index contributed by atoms with van der Waals surface area (Å²) >= 11 is -1.25. The molecule has 24 heavy (non-hydrogen) atoms. The first-order valence-corrected chi connectivity index (χ1v) is 13.6. The van der Waals surface area contributed by atoms with E-state index >= 15 is 0 Å². The van der Waals surface area contributed by atoms with Crippen molar-refractivity contribution in [3.8, 4) is 0 Å². The van der Waals surface area contributed by atoms with Crippen LogP contribution in [-0.4, -0.2) is 50.7 Å². The number of halogens is 1. The summed E-state index contributed by atoms with van der Waals surface area (Å²) in [4.78, 5) is 4.83. The number of nitrogens with zero attached hydrogens (tertiary/aromatic N) is 2. The molecule has 1 rings (SSSR count). The Balaban J connectivity index is 3.47. The Morgan fingerprint density at radius 3 is 2.04 bits per heavy atom. The van der Waals surface area contributed by atoms with Crippen LogP contribution in [0.3, 0.4) is 0 Å². The topological polar surface area (TPSA) is 3.24 Å². The van der Waals surface area contributed by atoms with Crippen molar-refractivity contribution in [3.05, 3.63) is 23.4 Å². The Labute approximate surface area is 159 Å². The maximum absolute atomic E-state index is 2.64. The molecule has 0 spiro atoms. The average Bonchev–Trinajstić information content (AvgIpc) is 2.40. The molecule has 142 valence electrons. The van der Waals surface area contributed by atoms with Gasteiger partial charge in [0.1, 0.15) is 0 Å². The zero-order chi connectivity index (χ0) is 19.0. The fourth-order valence-electron chi connectivity index (χ4n) is 4.10. The van der Waals surface area contributed by atoms with Crippen LogP contribution in [0.4, 0.5) is 0 Å². The molecule has 2 nitrogen and oxygen atoms in total. The van der Waals surface area contributed by atoms with Crippen molar-refractivity contribution in [2.45, 2.75) is 58.4 Å². The number of hydrogen-bond acceptors (Lipinski definition) is 1. The monoisotopic (exact) mass is 449 g/mol. The van der Waals surface area contributed by atoms with Gasteiger partial charge < -0.3 is 0 Å². The minimum absolute atomic E-state index is 0.319. The summed E-state index contributed by atoms with van der Waals surface area (Å²) in [6.45, 7) is 17.0. The van der Waals surface area contributed by atoms with Crippen LogP contribution in [0.25, 0.3) is 0 Å². The van der Waals surface area contributed by atoms with Crippen molar-refractivity contribution >= 4 is 20.1 Å². The van der Waals surface area contributed by atoms with Gasteiger partial charge in [0.15, 0.2) is 0 Å². The van der Waals surface area contributed by atoms with Crippen molar-refractivity contribution < 1.29 is 2.70 Å². The fourth-order valence-corrected chi connectivity index (χ4v) is 11.2. The summed E-state index contributed by atoms with van der Waals surface area (Å²) in [6, 6.07) is 0.695. The van der Waals surface area contributed by atoms with Crippen LogP contribution in [0.5, 0.6) is 0 Å². The van der Waals surface area contributed by atoms with Crippen LogP contribution in [0.15, 0.2) is 23.4 Å². The van der Waals surface area contributed by atoms with Gasteiger partial charge in [0.2, 0.25) is 0 Å². The van der Waals surface area contributed by atoms with Gasteiger partial charge in [0.25, 0.3) is 0 Å². The second kappa shape index (κ2) is 7.69. The molecule has 0 fully saturated rings. The summed E-state index contributed by atoms with van der Waals surface area (Å²) in [5.74, 6) is 1.29. The fraction of sp³-hybridized carbons (Fsp3) is 0.810. The molecule has 1 unspecified atom stereocenters. The van der Waals surface area contributed by atoms with Gasteiger partial charge in [-0.25, -0.2) is 0 Å². The van der Waals surface area contributed by atoms with Crippen molar-refractivity contribution in [1.29, 1.82) is 0 Å². The Bertz CT molecular complexity index is 498. The molecule has 2 atom stereocenters. The molecule has 0 radical (unpaired) electrons. The van der Waals surface area contributed by atoms with Gasteiger partial charge in [-0.1, -0.05) is 0 Å². The molecular weight excluding hydrogens is 407 g/mol. The zero-order valence-corrected chi connectivity index (χ0v) is 20.4. The molecule has 0 saturated carbocycles. The van der Waals surface area contributed by atoms with E-state index in [0.717, 1.165) is 3.92 Å². The van der Waals surface area contributed by atoms with E-state index < -0.39 is 20.1 Å². The summed E-state index contributed by atoms with van der Waals surface area (Å²) in [7, 11) is 9.22. The van der Waals surface area contributed by atoms with Gasteiger partial charge in [-0.05, 0) is 0 Å². The van der Waals surface area contributed by atoms with Crippen LogP contribution in [0.2, 0.25) is 0 Å². The molecule has 0 saturated heterocycles. The van der Waals surface area contributed by atoms with Crippen molar-refractivity contribution in [1.82, 2.24) is 4.90 Å². The Kier molecular flexibility index (Phi) is 7.05. The normalized spacial score (nSPS) is 26.8. The molecule has 3 heteroatoms. The second-order valence-electron chi connectivity index (χ2n) is 9.32. The van der Waals surface area contributed by atoms with Crippen molar-refractivity contribution in [3.63, 3.8) is 0 Å². The third kappa shape index (κ3) is 4.20. The van der Waals surface area contributed by atoms with E-state index in [4.69, 9.17) is 0 Å². The van der Waals surface area contributed by atoms with Crippen molar-refractivity contribution in [2.75, 3.05) is 33.1 Å². The first kappa shape index (κ1) is 22.0. The summed E-state index contributed by atoms with van der Waals surface area (Å²) < 4.78 is 1.96. The Morgan fingerprint density at radius 1 is 1.17 bits per heavy atom. The van der Waals surface area contributed by atoms with Gasteiger partial charge in [-0.15, -0.1) is 0 Å². The van der Waals surface area contributed by atoms with E-state index in [0.29, 0.717) is 23.3 Å². The molecule has 0 bridgehead atoms.